The lowest BCUT2D eigenvalue weighted by atomic mass is 9.92. The van der Waals surface area contributed by atoms with Crippen LogP contribution in [0, 0.1) is 23.7 Å². The monoisotopic (exact) mass is 335 g/mol. The van der Waals surface area contributed by atoms with Crippen LogP contribution in [0.1, 0.15) is 46.0 Å². The molecular formula is C19H33N3O2. The minimum atomic E-state index is 0.0902. The summed E-state index contributed by atoms with van der Waals surface area (Å²) in [7, 11) is 0. The Morgan fingerprint density at radius 2 is 1.58 bits per heavy atom. The zero-order valence-corrected chi connectivity index (χ0v) is 15.3. The molecule has 0 radical (unpaired) electrons. The summed E-state index contributed by atoms with van der Waals surface area (Å²) in [6, 6.07) is 0. The van der Waals surface area contributed by atoms with E-state index >= 15 is 0 Å². The Morgan fingerprint density at radius 3 is 2.17 bits per heavy atom. The summed E-state index contributed by atoms with van der Waals surface area (Å²) in [6.07, 6.45) is 5.09. The van der Waals surface area contributed by atoms with Gasteiger partial charge in [-0.25, -0.2) is 0 Å². The van der Waals surface area contributed by atoms with Crippen molar-refractivity contribution in [2.45, 2.75) is 46.0 Å². The van der Waals surface area contributed by atoms with Crippen molar-refractivity contribution in [2.24, 2.45) is 23.7 Å². The number of carbonyl (C=O) groups is 2. The highest BCUT2D eigenvalue weighted by atomic mass is 16.2. The first-order valence-electron chi connectivity index (χ1n) is 9.81. The van der Waals surface area contributed by atoms with Crippen molar-refractivity contribution >= 4 is 11.8 Å². The molecule has 2 aliphatic heterocycles. The van der Waals surface area contributed by atoms with Gasteiger partial charge in [0.05, 0.1) is 0 Å². The highest BCUT2D eigenvalue weighted by Gasteiger charge is 2.35. The van der Waals surface area contributed by atoms with E-state index in [-0.39, 0.29) is 11.8 Å². The smallest absolute Gasteiger partial charge is 0.225 e. The van der Waals surface area contributed by atoms with Crippen molar-refractivity contribution in [3.05, 3.63) is 0 Å². The average molecular weight is 335 g/mol. The van der Waals surface area contributed by atoms with Crippen LogP contribution in [0.15, 0.2) is 0 Å². The molecule has 0 spiro atoms. The van der Waals surface area contributed by atoms with Crippen LogP contribution >= 0.6 is 0 Å². The van der Waals surface area contributed by atoms with Crippen molar-refractivity contribution in [1.29, 1.82) is 0 Å². The van der Waals surface area contributed by atoms with E-state index in [4.69, 9.17) is 0 Å². The summed E-state index contributed by atoms with van der Waals surface area (Å²) in [4.78, 5) is 28.9. The summed E-state index contributed by atoms with van der Waals surface area (Å²) >= 11 is 0. The summed E-state index contributed by atoms with van der Waals surface area (Å²) in [5, 5.41) is 3.12. The first kappa shape index (κ1) is 17.7. The number of nitrogens with zero attached hydrogens (tertiary/aromatic N) is 2. The molecule has 1 aliphatic carbocycles. The Bertz CT molecular complexity index is 446. The second-order valence-corrected chi connectivity index (χ2v) is 8.37. The molecule has 1 saturated carbocycles. The predicted molar refractivity (Wildman–Crippen MR) is 94.4 cm³/mol. The Balaban J connectivity index is 1.33. The van der Waals surface area contributed by atoms with E-state index in [1.165, 1.54) is 6.42 Å². The van der Waals surface area contributed by atoms with E-state index in [1.54, 1.807) is 0 Å². The van der Waals surface area contributed by atoms with Gasteiger partial charge in [0.1, 0.15) is 0 Å². The zero-order chi connectivity index (χ0) is 17.1. The van der Waals surface area contributed by atoms with Crippen LogP contribution in [-0.4, -0.2) is 60.9 Å². The lowest BCUT2D eigenvalue weighted by molar-refractivity contribution is -0.136. The number of amides is 2. The van der Waals surface area contributed by atoms with Crippen molar-refractivity contribution in [2.75, 3.05) is 39.3 Å². The van der Waals surface area contributed by atoms with E-state index in [0.717, 1.165) is 76.8 Å². The highest BCUT2D eigenvalue weighted by Crippen LogP contribution is 2.32. The third-order valence-corrected chi connectivity index (χ3v) is 5.78. The Hall–Kier alpha value is -1.10. The minimum Gasteiger partial charge on any atom is -0.355 e. The molecule has 0 aromatic heterocycles. The van der Waals surface area contributed by atoms with Gasteiger partial charge in [-0.15, -0.1) is 0 Å². The summed E-state index contributed by atoms with van der Waals surface area (Å²) in [5.74, 6) is 2.42. The molecule has 24 heavy (non-hydrogen) atoms. The molecule has 1 N–H and O–H groups in total. The van der Waals surface area contributed by atoms with Gasteiger partial charge in [-0.2, -0.15) is 0 Å². The number of rotatable bonds is 5. The SMILES string of the molecule is CC1CC(C)CN(CCNC(=O)C2CCN(C(=O)C3CC3)CC2)C1. The molecule has 2 saturated heterocycles. The van der Waals surface area contributed by atoms with Gasteiger partial charge in [0.2, 0.25) is 11.8 Å². The second kappa shape index (κ2) is 7.85. The molecule has 0 aromatic rings. The van der Waals surface area contributed by atoms with Crippen LogP contribution in [-0.2, 0) is 9.59 Å². The van der Waals surface area contributed by atoms with Gasteiger partial charge in [0.25, 0.3) is 0 Å². The second-order valence-electron chi connectivity index (χ2n) is 8.37. The summed E-state index contributed by atoms with van der Waals surface area (Å²) in [5.41, 5.74) is 0. The van der Waals surface area contributed by atoms with Crippen molar-refractivity contribution in [3.8, 4) is 0 Å². The first-order valence-corrected chi connectivity index (χ1v) is 9.81. The van der Waals surface area contributed by atoms with Gasteiger partial charge < -0.3 is 15.1 Å². The lowest BCUT2D eigenvalue weighted by Gasteiger charge is -2.35. The number of carbonyl (C=O) groups excluding carboxylic acids is 2. The normalized spacial score (nSPS) is 29.5. The van der Waals surface area contributed by atoms with E-state index in [9.17, 15) is 9.59 Å². The first-order chi connectivity index (χ1) is 11.5. The van der Waals surface area contributed by atoms with Crippen molar-refractivity contribution in [1.82, 2.24) is 15.1 Å². The van der Waals surface area contributed by atoms with Crippen molar-refractivity contribution in [3.63, 3.8) is 0 Å². The molecule has 2 amide bonds. The van der Waals surface area contributed by atoms with E-state index in [1.807, 2.05) is 4.90 Å². The molecule has 3 fully saturated rings. The molecule has 5 nitrogen and oxygen atoms in total. The number of likely N-dealkylation sites (tertiary alicyclic amines) is 2. The zero-order valence-electron chi connectivity index (χ0n) is 15.3. The topological polar surface area (TPSA) is 52.7 Å². The molecule has 3 aliphatic rings. The molecule has 3 rings (SSSR count). The van der Waals surface area contributed by atoms with Crippen LogP contribution in [0.2, 0.25) is 0 Å². The van der Waals surface area contributed by atoms with Crippen LogP contribution in [0.4, 0.5) is 0 Å². The number of nitrogens with one attached hydrogen (secondary N) is 1. The van der Waals surface area contributed by atoms with Gasteiger partial charge in [-0.3, -0.25) is 9.59 Å². The summed E-state index contributed by atoms with van der Waals surface area (Å²) in [6.45, 7) is 10.2. The van der Waals surface area contributed by atoms with Crippen LogP contribution < -0.4 is 5.32 Å². The van der Waals surface area contributed by atoms with Gasteiger partial charge >= 0.3 is 0 Å². The average Bonchev–Trinajstić information content (AvgIpc) is 3.38. The maximum atomic E-state index is 12.4. The molecule has 136 valence electrons. The van der Waals surface area contributed by atoms with E-state index < -0.39 is 0 Å². The summed E-state index contributed by atoms with van der Waals surface area (Å²) < 4.78 is 0. The van der Waals surface area contributed by atoms with Crippen LogP contribution in [0.5, 0.6) is 0 Å². The van der Waals surface area contributed by atoms with E-state index in [0.29, 0.717) is 11.8 Å². The Kier molecular flexibility index (Phi) is 5.80. The quantitative estimate of drug-likeness (QED) is 0.832. The Labute approximate surface area is 146 Å². The molecule has 2 unspecified atom stereocenters. The lowest BCUT2D eigenvalue weighted by Crippen LogP contribution is -2.46. The molecule has 2 atom stereocenters. The standard InChI is InChI=1S/C19H33N3O2/c1-14-11-15(2)13-21(12-14)10-7-20-18(23)16-5-8-22(9-6-16)19(24)17-3-4-17/h14-17H,3-13H2,1-2H3,(H,20,23). The maximum absolute atomic E-state index is 12.4. The van der Waals surface area contributed by atoms with Gasteiger partial charge in [-0.1, -0.05) is 13.8 Å². The largest absolute Gasteiger partial charge is 0.355 e. The Morgan fingerprint density at radius 1 is 0.958 bits per heavy atom. The maximum Gasteiger partial charge on any atom is 0.225 e. The fraction of sp³-hybridized carbons (Fsp3) is 0.895. The molecule has 0 bridgehead atoms. The number of hydrogen-bond donors (Lipinski definition) is 1. The van der Waals surface area contributed by atoms with Crippen LogP contribution in [0.25, 0.3) is 0 Å². The number of hydrogen-bond acceptors (Lipinski definition) is 3. The van der Waals surface area contributed by atoms with Gasteiger partial charge in [0.15, 0.2) is 0 Å². The molecule has 5 heteroatoms. The minimum absolute atomic E-state index is 0.0902. The fourth-order valence-electron chi connectivity index (χ4n) is 4.41. The molecule has 2 heterocycles. The third-order valence-electron chi connectivity index (χ3n) is 5.78. The van der Waals surface area contributed by atoms with Crippen LogP contribution in [0.3, 0.4) is 0 Å². The van der Waals surface area contributed by atoms with E-state index in [2.05, 4.69) is 24.1 Å². The van der Waals surface area contributed by atoms with Crippen molar-refractivity contribution < 1.29 is 9.59 Å². The van der Waals surface area contributed by atoms with Gasteiger partial charge in [-0.05, 0) is 43.9 Å². The third kappa shape index (κ3) is 4.71. The van der Waals surface area contributed by atoms with Gasteiger partial charge in [0, 0.05) is 51.1 Å². The fourth-order valence-corrected chi connectivity index (χ4v) is 4.41. The molecule has 0 aromatic carbocycles. The number of piperidine rings is 2. The highest BCUT2D eigenvalue weighted by molar-refractivity contribution is 5.82. The predicted octanol–water partition coefficient (Wildman–Crippen LogP) is 1.73. The molecular weight excluding hydrogens is 302 g/mol.